The maximum Gasteiger partial charge on any atom is 0.329 e. The lowest BCUT2D eigenvalue weighted by molar-refractivity contribution is -0.385. The third-order valence-corrected chi connectivity index (χ3v) is 4.04. The Labute approximate surface area is 117 Å². The number of piperidine rings is 1. The van der Waals surface area contributed by atoms with Crippen LogP contribution in [-0.2, 0) is 4.79 Å². The van der Waals surface area contributed by atoms with Gasteiger partial charge in [0.05, 0.1) is 4.92 Å². The van der Waals surface area contributed by atoms with Crippen LogP contribution in [0.2, 0.25) is 0 Å². The summed E-state index contributed by atoms with van der Waals surface area (Å²) in [6.45, 7) is 4.04. The number of nitrogens with zero attached hydrogens (tertiary/aromatic N) is 2. The first kappa shape index (κ1) is 14.3. The normalized spacial score (nSPS) is 22.6. The van der Waals surface area contributed by atoms with Gasteiger partial charge in [0.2, 0.25) is 0 Å². The number of carboxylic acids is 1. The Morgan fingerprint density at radius 2 is 2.15 bits per heavy atom. The van der Waals surface area contributed by atoms with Gasteiger partial charge in [-0.2, -0.15) is 0 Å². The third-order valence-electron chi connectivity index (χ3n) is 4.04. The second-order valence-electron chi connectivity index (χ2n) is 5.42. The van der Waals surface area contributed by atoms with E-state index in [0.29, 0.717) is 18.5 Å². The Hall–Kier alpha value is -2.11. The number of carbonyl (C=O) groups is 1. The minimum atomic E-state index is -0.944. The highest BCUT2D eigenvalue weighted by Gasteiger charge is 2.41. The maximum atomic E-state index is 11.6. The lowest BCUT2D eigenvalue weighted by atomic mass is 9.87. The molecule has 0 aliphatic carbocycles. The van der Waals surface area contributed by atoms with Crippen LogP contribution in [-0.4, -0.2) is 28.1 Å². The van der Waals surface area contributed by atoms with Crippen LogP contribution >= 0.6 is 0 Å². The third kappa shape index (κ3) is 2.33. The number of anilines is 1. The molecule has 0 radical (unpaired) electrons. The molecule has 2 rings (SSSR count). The Kier molecular flexibility index (Phi) is 3.65. The van der Waals surface area contributed by atoms with E-state index in [4.69, 9.17) is 0 Å². The number of hydrogen-bond acceptors (Lipinski definition) is 4. The van der Waals surface area contributed by atoms with Gasteiger partial charge in [0.25, 0.3) is 5.69 Å². The molecular weight excluding hydrogens is 260 g/mol. The molecule has 1 aromatic carbocycles. The van der Waals surface area contributed by atoms with E-state index in [0.717, 1.165) is 18.5 Å². The van der Waals surface area contributed by atoms with Crippen LogP contribution in [0.3, 0.4) is 0 Å². The average Bonchev–Trinajstić information content (AvgIpc) is 2.38. The van der Waals surface area contributed by atoms with Crippen LogP contribution in [0.4, 0.5) is 11.4 Å². The minimum absolute atomic E-state index is 0.0581. The lowest BCUT2D eigenvalue weighted by Crippen LogP contribution is -2.55. The summed E-state index contributed by atoms with van der Waals surface area (Å²) in [5, 5.41) is 20.3. The van der Waals surface area contributed by atoms with Crippen LogP contribution in [0.15, 0.2) is 18.2 Å². The molecule has 0 spiro atoms. The summed E-state index contributed by atoms with van der Waals surface area (Å²) >= 11 is 0. The fraction of sp³-hybridized carbons (Fsp3) is 0.500. The van der Waals surface area contributed by atoms with Crippen molar-refractivity contribution in [2.45, 2.75) is 38.6 Å². The van der Waals surface area contributed by atoms with Crippen molar-refractivity contribution in [1.82, 2.24) is 0 Å². The van der Waals surface area contributed by atoms with Crippen LogP contribution in [0, 0.1) is 17.0 Å². The van der Waals surface area contributed by atoms with E-state index in [9.17, 15) is 20.0 Å². The largest absolute Gasteiger partial charge is 0.480 e. The molecule has 108 valence electrons. The highest BCUT2D eigenvalue weighted by Crippen LogP contribution is 2.35. The summed E-state index contributed by atoms with van der Waals surface area (Å²) in [4.78, 5) is 23.8. The number of nitro benzene ring substituents is 1. The van der Waals surface area contributed by atoms with E-state index in [-0.39, 0.29) is 5.69 Å². The Bertz CT molecular complexity index is 558. The van der Waals surface area contributed by atoms with Crippen molar-refractivity contribution in [2.75, 3.05) is 11.4 Å². The second-order valence-corrected chi connectivity index (χ2v) is 5.42. The summed E-state index contributed by atoms with van der Waals surface area (Å²) in [6, 6.07) is 4.78. The average molecular weight is 278 g/mol. The highest BCUT2D eigenvalue weighted by atomic mass is 16.6. The summed E-state index contributed by atoms with van der Waals surface area (Å²) in [6.07, 6.45) is 2.39. The second kappa shape index (κ2) is 5.11. The van der Waals surface area contributed by atoms with Crippen molar-refractivity contribution < 1.29 is 14.8 Å². The zero-order chi connectivity index (χ0) is 14.9. The number of benzene rings is 1. The Balaban J connectivity index is 2.41. The monoisotopic (exact) mass is 278 g/mol. The van der Waals surface area contributed by atoms with Crippen molar-refractivity contribution in [3.05, 3.63) is 33.9 Å². The molecule has 1 atom stereocenters. The first-order chi connectivity index (χ1) is 9.36. The van der Waals surface area contributed by atoms with Crippen LogP contribution < -0.4 is 4.90 Å². The van der Waals surface area contributed by atoms with Crippen molar-refractivity contribution in [2.24, 2.45) is 0 Å². The molecule has 1 heterocycles. The van der Waals surface area contributed by atoms with Crippen molar-refractivity contribution in [3.8, 4) is 0 Å². The molecule has 1 aromatic rings. The lowest BCUT2D eigenvalue weighted by Gasteiger charge is -2.43. The summed E-state index contributed by atoms with van der Waals surface area (Å²) in [7, 11) is 0. The van der Waals surface area contributed by atoms with Gasteiger partial charge in [-0.25, -0.2) is 4.79 Å². The number of nitro groups is 1. The minimum Gasteiger partial charge on any atom is -0.480 e. The molecule has 1 saturated heterocycles. The smallest absolute Gasteiger partial charge is 0.329 e. The fourth-order valence-corrected chi connectivity index (χ4v) is 2.77. The van der Waals surface area contributed by atoms with Gasteiger partial charge in [-0.1, -0.05) is 0 Å². The molecule has 20 heavy (non-hydrogen) atoms. The van der Waals surface area contributed by atoms with Gasteiger partial charge in [-0.05, 0) is 45.2 Å². The quantitative estimate of drug-likeness (QED) is 0.679. The number of hydrogen-bond donors (Lipinski definition) is 1. The predicted octanol–water partition coefficient (Wildman–Crippen LogP) is 2.74. The predicted molar refractivity (Wildman–Crippen MR) is 75.1 cm³/mol. The molecule has 6 heteroatoms. The van der Waals surface area contributed by atoms with E-state index in [2.05, 4.69) is 0 Å². The first-order valence-electron chi connectivity index (χ1n) is 6.62. The zero-order valence-electron chi connectivity index (χ0n) is 11.6. The van der Waals surface area contributed by atoms with Crippen LogP contribution in [0.5, 0.6) is 0 Å². The molecule has 1 aliphatic heterocycles. The molecule has 6 nitrogen and oxygen atoms in total. The van der Waals surface area contributed by atoms with Crippen LogP contribution in [0.1, 0.15) is 31.7 Å². The van der Waals surface area contributed by atoms with Gasteiger partial charge in [0.1, 0.15) is 5.54 Å². The Morgan fingerprint density at radius 1 is 1.45 bits per heavy atom. The standard InChI is InChI=1S/C14H18N2O4/c1-10-9-11(5-6-12(10)16(19)20)15-8-4-3-7-14(15,2)13(17)18/h5-6,9H,3-4,7-8H2,1-2H3,(H,17,18). The van der Waals surface area contributed by atoms with E-state index >= 15 is 0 Å². The van der Waals surface area contributed by atoms with E-state index in [1.54, 1.807) is 26.0 Å². The molecular formula is C14H18N2O4. The highest BCUT2D eigenvalue weighted by molar-refractivity contribution is 5.83. The number of aryl methyl sites for hydroxylation is 1. The maximum absolute atomic E-state index is 11.6. The summed E-state index contributed by atoms with van der Waals surface area (Å²) in [5.74, 6) is -0.854. The van der Waals surface area contributed by atoms with Gasteiger partial charge in [0, 0.05) is 23.9 Å². The Morgan fingerprint density at radius 3 is 2.70 bits per heavy atom. The van der Waals surface area contributed by atoms with Crippen molar-refractivity contribution in [3.63, 3.8) is 0 Å². The molecule has 0 saturated carbocycles. The number of aliphatic carboxylic acids is 1. The molecule has 1 N–H and O–H groups in total. The van der Waals surface area contributed by atoms with Gasteiger partial charge in [-0.15, -0.1) is 0 Å². The van der Waals surface area contributed by atoms with E-state index in [1.807, 2.05) is 4.90 Å². The van der Waals surface area contributed by atoms with Crippen molar-refractivity contribution >= 4 is 17.3 Å². The molecule has 0 bridgehead atoms. The van der Waals surface area contributed by atoms with Gasteiger partial charge < -0.3 is 10.0 Å². The van der Waals surface area contributed by atoms with Gasteiger partial charge in [-0.3, -0.25) is 10.1 Å². The summed E-state index contributed by atoms with van der Waals surface area (Å²) < 4.78 is 0. The molecule has 1 aliphatic rings. The molecule has 0 amide bonds. The first-order valence-corrected chi connectivity index (χ1v) is 6.62. The molecule has 1 fully saturated rings. The fourth-order valence-electron chi connectivity index (χ4n) is 2.77. The van der Waals surface area contributed by atoms with E-state index in [1.165, 1.54) is 6.07 Å². The molecule has 0 aromatic heterocycles. The SMILES string of the molecule is Cc1cc(N2CCCCC2(C)C(=O)O)ccc1[N+](=O)[O-]. The van der Waals surface area contributed by atoms with Crippen LogP contribution in [0.25, 0.3) is 0 Å². The van der Waals surface area contributed by atoms with E-state index < -0.39 is 16.4 Å². The van der Waals surface area contributed by atoms with Crippen molar-refractivity contribution in [1.29, 1.82) is 0 Å². The summed E-state index contributed by atoms with van der Waals surface area (Å²) in [5.41, 5.74) is 0.396. The van der Waals surface area contributed by atoms with Gasteiger partial charge >= 0.3 is 5.97 Å². The number of carboxylic acid groups (broad SMARTS) is 1. The number of rotatable bonds is 3. The topological polar surface area (TPSA) is 83.7 Å². The zero-order valence-corrected chi connectivity index (χ0v) is 11.6. The van der Waals surface area contributed by atoms with Gasteiger partial charge in [0.15, 0.2) is 0 Å². The molecule has 1 unspecified atom stereocenters.